The third-order valence-corrected chi connectivity index (χ3v) is 4.75. The second kappa shape index (κ2) is 13.3. The molecule has 1 heterocycles. The van der Waals surface area contributed by atoms with Crippen LogP contribution in [0.3, 0.4) is 0 Å². The zero-order valence-electron chi connectivity index (χ0n) is 20.8. The van der Waals surface area contributed by atoms with Crippen LogP contribution in [0, 0.1) is 0 Å². The third-order valence-electron chi connectivity index (χ3n) is 4.75. The summed E-state index contributed by atoms with van der Waals surface area (Å²) in [6, 6.07) is 14.2. The van der Waals surface area contributed by atoms with Crippen LogP contribution >= 0.6 is 0 Å². The highest BCUT2D eigenvalue weighted by molar-refractivity contribution is 5.94. The Kier molecular flexibility index (Phi) is 10.4. The molecule has 2 aromatic carbocycles. The van der Waals surface area contributed by atoms with Crippen LogP contribution in [-0.2, 0) is 27.0 Å². The monoisotopic (exact) mass is 572 g/mol. The van der Waals surface area contributed by atoms with Gasteiger partial charge in [-0.2, -0.15) is 26.3 Å². The number of nitrogens with one attached hydrogen (secondary N) is 3. The number of para-hydroxylation sites is 2. The minimum absolute atomic E-state index is 0.000817. The Labute approximate surface area is 223 Å². The molecule has 214 valence electrons. The topological polar surface area (TPSA) is 130 Å². The molecule has 0 bridgehead atoms. The van der Waals surface area contributed by atoms with E-state index >= 15 is 0 Å². The van der Waals surface area contributed by atoms with Gasteiger partial charge < -0.3 is 25.8 Å². The Balaban J connectivity index is 0.000000708. The summed E-state index contributed by atoms with van der Waals surface area (Å²) >= 11 is 0. The summed E-state index contributed by atoms with van der Waals surface area (Å²) in [5.74, 6) is -2.99. The van der Waals surface area contributed by atoms with Gasteiger partial charge in [-0.05, 0) is 29.8 Å². The second-order valence-electron chi connectivity index (χ2n) is 7.84. The average molecular weight is 572 g/mol. The molecular formula is C25H22F6N4O5. The zero-order valence-corrected chi connectivity index (χ0v) is 20.8. The lowest BCUT2D eigenvalue weighted by Crippen LogP contribution is -2.21. The number of benzene rings is 2. The summed E-state index contributed by atoms with van der Waals surface area (Å²) in [6.45, 7) is 1.29. The Morgan fingerprint density at radius 2 is 1.48 bits per heavy atom. The Hall–Kier alpha value is -4.82. The summed E-state index contributed by atoms with van der Waals surface area (Å²) < 4.78 is 77.5. The number of carbonyl (C=O) groups is 3. The predicted molar refractivity (Wildman–Crippen MR) is 132 cm³/mol. The van der Waals surface area contributed by atoms with Crippen LogP contribution in [-0.4, -0.2) is 41.2 Å². The van der Waals surface area contributed by atoms with Gasteiger partial charge in [-0.1, -0.05) is 24.3 Å². The van der Waals surface area contributed by atoms with Crippen LogP contribution in [0.5, 0.6) is 5.75 Å². The molecule has 0 atom stereocenters. The molecule has 0 saturated heterocycles. The van der Waals surface area contributed by atoms with E-state index in [0.717, 1.165) is 6.07 Å². The smallest absolute Gasteiger partial charge is 0.490 e. The number of aromatic nitrogens is 1. The molecule has 3 rings (SSSR count). The van der Waals surface area contributed by atoms with E-state index in [0.29, 0.717) is 23.2 Å². The van der Waals surface area contributed by atoms with Crippen molar-refractivity contribution in [3.05, 3.63) is 71.9 Å². The number of aliphatic carboxylic acids is 1. The molecular weight excluding hydrogens is 550 g/mol. The molecule has 0 unspecified atom stereocenters. The summed E-state index contributed by atoms with van der Waals surface area (Å²) in [4.78, 5) is 36.5. The highest BCUT2D eigenvalue weighted by Gasteiger charge is 2.38. The fourth-order valence-corrected chi connectivity index (χ4v) is 3.00. The number of hydrogen-bond acceptors (Lipinski definition) is 6. The number of amides is 2. The van der Waals surface area contributed by atoms with Crippen molar-refractivity contribution in [2.45, 2.75) is 25.7 Å². The first kappa shape index (κ1) is 31.4. The molecule has 0 saturated carbocycles. The summed E-state index contributed by atoms with van der Waals surface area (Å²) in [5, 5.41) is 14.9. The van der Waals surface area contributed by atoms with Gasteiger partial charge in [0.1, 0.15) is 11.6 Å². The van der Waals surface area contributed by atoms with Crippen molar-refractivity contribution in [1.82, 2.24) is 4.98 Å². The van der Waals surface area contributed by atoms with Gasteiger partial charge >= 0.3 is 18.3 Å². The van der Waals surface area contributed by atoms with Crippen LogP contribution in [0.15, 0.2) is 60.8 Å². The molecule has 4 N–H and O–H groups in total. The SMILES string of the molecule is COc1ccc(CC(=O)Nc2cc(Nc3ccccc3NC(C)=O)c(C(F)(F)F)cn2)cc1.O=C(O)C(F)(F)F. The number of carboxylic acids is 1. The molecule has 15 heteroatoms. The normalized spacial score (nSPS) is 11.0. The molecule has 9 nitrogen and oxygen atoms in total. The van der Waals surface area contributed by atoms with Gasteiger partial charge in [-0.3, -0.25) is 9.59 Å². The molecule has 3 aromatic rings. The summed E-state index contributed by atoms with van der Waals surface area (Å²) in [6.07, 6.45) is -9.13. The Morgan fingerprint density at radius 1 is 0.900 bits per heavy atom. The largest absolute Gasteiger partial charge is 0.497 e. The number of methoxy groups -OCH3 is 1. The van der Waals surface area contributed by atoms with Gasteiger partial charge in [0.2, 0.25) is 11.8 Å². The Bertz CT molecular complexity index is 1340. The lowest BCUT2D eigenvalue weighted by atomic mass is 10.1. The van der Waals surface area contributed by atoms with Crippen molar-refractivity contribution in [3.8, 4) is 5.75 Å². The number of carboxylic acid groups (broad SMARTS) is 1. The molecule has 0 spiro atoms. The van der Waals surface area contributed by atoms with E-state index < -0.39 is 29.8 Å². The molecule has 0 aliphatic carbocycles. The van der Waals surface area contributed by atoms with Gasteiger partial charge in [-0.25, -0.2) is 9.78 Å². The van der Waals surface area contributed by atoms with E-state index in [1.54, 1.807) is 42.5 Å². The maximum absolute atomic E-state index is 13.6. The van der Waals surface area contributed by atoms with Crippen LogP contribution in [0.25, 0.3) is 0 Å². The van der Waals surface area contributed by atoms with Crippen molar-refractivity contribution in [2.24, 2.45) is 0 Å². The number of anilines is 4. The number of hydrogen-bond donors (Lipinski definition) is 4. The second-order valence-corrected chi connectivity index (χ2v) is 7.84. The number of rotatable bonds is 7. The predicted octanol–water partition coefficient (Wildman–Crippen LogP) is 5.63. The van der Waals surface area contributed by atoms with Gasteiger partial charge in [0.15, 0.2) is 0 Å². The minimum atomic E-state index is -5.08. The van der Waals surface area contributed by atoms with Crippen molar-refractivity contribution < 1.29 is 50.6 Å². The van der Waals surface area contributed by atoms with Gasteiger partial charge in [-0.15, -0.1) is 0 Å². The van der Waals surface area contributed by atoms with Crippen LogP contribution in [0.2, 0.25) is 0 Å². The highest BCUT2D eigenvalue weighted by atomic mass is 19.4. The Morgan fingerprint density at radius 3 is 1.98 bits per heavy atom. The fourth-order valence-electron chi connectivity index (χ4n) is 3.00. The first-order chi connectivity index (χ1) is 18.6. The first-order valence-electron chi connectivity index (χ1n) is 11.0. The number of ether oxygens (including phenoxy) is 1. The number of alkyl halides is 6. The maximum atomic E-state index is 13.6. The number of nitrogens with zero attached hydrogens (tertiary/aromatic N) is 1. The van der Waals surface area contributed by atoms with Gasteiger partial charge in [0.05, 0.1) is 36.2 Å². The quantitative estimate of drug-likeness (QED) is 0.270. The van der Waals surface area contributed by atoms with Crippen molar-refractivity contribution in [3.63, 3.8) is 0 Å². The lowest BCUT2D eigenvalue weighted by Gasteiger charge is -2.18. The number of pyridine rings is 1. The molecule has 0 fully saturated rings. The standard InChI is InChI=1S/C23H21F3N4O3.C2HF3O2/c1-14(31)28-18-5-3-4-6-19(18)29-20-12-21(27-13-17(20)23(24,25)26)30-22(32)11-15-7-9-16(33-2)10-8-15;3-2(4,5)1(6)7/h3-10,12-13H,11H2,1-2H3,(H,28,31)(H2,27,29,30,32);(H,6,7). The van der Waals surface area contributed by atoms with Crippen molar-refractivity contribution in [2.75, 3.05) is 23.1 Å². The number of halogens is 6. The molecule has 0 radical (unpaired) electrons. The molecule has 0 aliphatic heterocycles. The molecule has 0 aliphatic rings. The molecule has 1 aromatic heterocycles. The molecule has 40 heavy (non-hydrogen) atoms. The van der Waals surface area contributed by atoms with E-state index in [1.807, 2.05) is 0 Å². The van der Waals surface area contributed by atoms with Gasteiger partial charge in [0, 0.05) is 19.2 Å². The first-order valence-corrected chi connectivity index (χ1v) is 11.0. The maximum Gasteiger partial charge on any atom is 0.490 e. The van der Waals surface area contributed by atoms with E-state index in [1.165, 1.54) is 20.1 Å². The fraction of sp³-hybridized carbons (Fsp3) is 0.200. The van der Waals surface area contributed by atoms with E-state index in [4.69, 9.17) is 14.6 Å². The van der Waals surface area contributed by atoms with E-state index in [9.17, 15) is 35.9 Å². The van der Waals surface area contributed by atoms with Gasteiger partial charge in [0.25, 0.3) is 0 Å². The third kappa shape index (κ3) is 9.81. The van der Waals surface area contributed by atoms with Crippen LogP contribution < -0.4 is 20.7 Å². The van der Waals surface area contributed by atoms with Crippen molar-refractivity contribution in [1.29, 1.82) is 0 Å². The minimum Gasteiger partial charge on any atom is -0.497 e. The van der Waals surface area contributed by atoms with Crippen LogP contribution in [0.4, 0.5) is 49.2 Å². The summed E-state index contributed by atoms with van der Waals surface area (Å²) in [5.41, 5.74) is -0.0916. The lowest BCUT2D eigenvalue weighted by molar-refractivity contribution is -0.192. The van der Waals surface area contributed by atoms with Crippen LogP contribution in [0.1, 0.15) is 18.1 Å². The average Bonchev–Trinajstić information content (AvgIpc) is 2.84. The highest BCUT2D eigenvalue weighted by Crippen LogP contribution is 2.38. The molecule has 2 amide bonds. The summed E-state index contributed by atoms with van der Waals surface area (Å²) in [7, 11) is 1.53. The van der Waals surface area contributed by atoms with E-state index in [2.05, 4.69) is 20.9 Å². The zero-order chi connectivity index (χ0) is 30.1. The van der Waals surface area contributed by atoms with Crippen molar-refractivity contribution >= 4 is 40.7 Å². The number of carbonyl (C=O) groups excluding carboxylic acids is 2. The van der Waals surface area contributed by atoms with E-state index in [-0.39, 0.29) is 29.5 Å².